The molecule has 1 rings (SSSR count). The Bertz CT molecular complexity index is 112. The number of rotatable bonds is 0. The molecule has 0 atom stereocenters. The van der Waals surface area contributed by atoms with Crippen LogP contribution in [0.5, 0.6) is 0 Å². The molecule has 0 N–H and O–H groups in total. The van der Waals surface area contributed by atoms with Crippen LogP contribution in [0.1, 0.15) is 0 Å². The van der Waals surface area contributed by atoms with Gasteiger partial charge in [0.2, 0.25) is 0 Å². The van der Waals surface area contributed by atoms with Crippen molar-refractivity contribution < 1.29 is 4.74 Å². The minimum absolute atomic E-state index is 1.45. The molecule has 36 valence electrons. The van der Waals surface area contributed by atoms with E-state index >= 15 is 0 Å². The van der Waals surface area contributed by atoms with E-state index in [1.165, 1.54) is 24.9 Å². The van der Waals surface area contributed by atoms with Crippen LogP contribution in [0.2, 0.25) is 0 Å². The van der Waals surface area contributed by atoms with E-state index in [4.69, 9.17) is 0 Å². The smallest absolute Gasteiger partial charge is 0.110 e. The molecule has 1 aliphatic rings. The van der Waals surface area contributed by atoms with Crippen LogP contribution in [0, 0.1) is 0 Å². The van der Waals surface area contributed by atoms with Gasteiger partial charge in [0, 0.05) is 0 Å². The lowest BCUT2D eigenvalue weighted by Crippen LogP contribution is -1.56. The maximum atomic E-state index is 4.65. The van der Waals surface area contributed by atoms with Gasteiger partial charge in [-0.15, -0.1) is 0 Å². The molecule has 0 saturated heterocycles. The molecule has 0 radical (unpaired) electrons. The van der Waals surface area contributed by atoms with Gasteiger partial charge in [0.05, 0.1) is 12.4 Å². The van der Waals surface area contributed by atoms with Crippen molar-refractivity contribution in [2.75, 3.05) is 0 Å². The highest BCUT2D eigenvalue weighted by molar-refractivity contribution is 4.80. The maximum absolute atomic E-state index is 4.65. The molecule has 0 aromatic carbocycles. The summed E-state index contributed by atoms with van der Waals surface area (Å²) < 4.78 is 4.65. The molecule has 1 heterocycles. The van der Waals surface area contributed by atoms with Gasteiger partial charge >= 0.3 is 0 Å². The first-order valence-corrected chi connectivity index (χ1v) is 1.85. The second-order valence-electron chi connectivity index (χ2n) is 0.937. The van der Waals surface area contributed by atoms with E-state index in [2.05, 4.69) is 15.0 Å². The maximum Gasteiger partial charge on any atom is 0.110 e. The van der Waals surface area contributed by atoms with E-state index < -0.39 is 0 Å². The van der Waals surface area contributed by atoms with E-state index in [1.54, 1.807) is 0 Å². The third kappa shape index (κ3) is 1.17. The zero-order valence-electron chi connectivity index (χ0n) is 3.61. The Morgan fingerprint density at radius 1 is 1.00 bits per heavy atom. The van der Waals surface area contributed by atoms with Crippen molar-refractivity contribution in [3.8, 4) is 0 Å². The summed E-state index contributed by atoms with van der Waals surface area (Å²) in [6, 6.07) is 0. The van der Waals surface area contributed by atoms with Crippen molar-refractivity contribution in [3.63, 3.8) is 0 Å². The van der Waals surface area contributed by atoms with Gasteiger partial charge in [-0.05, 0) is 0 Å². The fourth-order valence-corrected chi connectivity index (χ4v) is 0.247. The van der Waals surface area contributed by atoms with Crippen molar-refractivity contribution in [2.24, 2.45) is 10.2 Å². The van der Waals surface area contributed by atoms with Gasteiger partial charge in [-0.2, -0.15) is 10.2 Å². The normalized spacial score (nSPS) is 16.0. The standard InChI is InChI=1S/C4H4N2O/c1-3-7-4-2-6-5-1/h1-4H. The number of hydrogen-bond donors (Lipinski definition) is 0. The molecule has 3 heteroatoms. The minimum atomic E-state index is 1.45. The molecule has 0 bridgehead atoms. The molecule has 0 aromatic heterocycles. The Morgan fingerprint density at radius 2 is 1.57 bits per heavy atom. The SMILES string of the molecule is C1=COC=CN=N1. The predicted molar refractivity (Wildman–Crippen MR) is 24.2 cm³/mol. The van der Waals surface area contributed by atoms with E-state index in [0.29, 0.717) is 0 Å². The Balaban J connectivity index is 2.60. The number of azo groups is 1. The van der Waals surface area contributed by atoms with Crippen LogP contribution >= 0.6 is 0 Å². The first-order valence-electron chi connectivity index (χ1n) is 1.85. The Kier molecular flexibility index (Phi) is 1.23. The summed E-state index contributed by atoms with van der Waals surface area (Å²) in [7, 11) is 0. The second kappa shape index (κ2) is 2.12. The third-order valence-electron chi connectivity index (χ3n) is 0.479. The molecule has 0 unspecified atom stereocenters. The summed E-state index contributed by atoms with van der Waals surface area (Å²) in [5.41, 5.74) is 0. The monoisotopic (exact) mass is 96.0 g/mol. The van der Waals surface area contributed by atoms with Crippen LogP contribution in [-0.2, 0) is 4.74 Å². The molecule has 3 nitrogen and oxygen atoms in total. The largest absolute Gasteiger partial charge is 0.469 e. The van der Waals surface area contributed by atoms with Crippen LogP contribution in [0.4, 0.5) is 0 Å². The highest BCUT2D eigenvalue weighted by Crippen LogP contribution is 1.88. The van der Waals surface area contributed by atoms with Crippen molar-refractivity contribution >= 4 is 0 Å². The number of ether oxygens (including phenoxy) is 1. The Labute approximate surface area is 41.0 Å². The van der Waals surface area contributed by atoms with Gasteiger partial charge < -0.3 is 4.74 Å². The summed E-state index contributed by atoms with van der Waals surface area (Å²) in [5, 5.41) is 7.01. The molecule has 0 fully saturated rings. The average molecular weight is 96.1 g/mol. The summed E-state index contributed by atoms with van der Waals surface area (Å²) in [5.74, 6) is 0. The van der Waals surface area contributed by atoms with Crippen LogP contribution in [0.25, 0.3) is 0 Å². The van der Waals surface area contributed by atoms with E-state index in [-0.39, 0.29) is 0 Å². The Morgan fingerprint density at radius 3 is 2.14 bits per heavy atom. The lowest BCUT2D eigenvalue weighted by Gasteiger charge is -1.77. The molecule has 7 heavy (non-hydrogen) atoms. The molecule has 0 saturated carbocycles. The highest BCUT2D eigenvalue weighted by Gasteiger charge is 1.71. The Hall–Kier alpha value is -1.12. The van der Waals surface area contributed by atoms with Crippen LogP contribution < -0.4 is 0 Å². The first kappa shape index (κ1) is 4.05. The van der Waals surface area contributed by atoms with E-state index in [1.807, 2.05) is 0 Å². The van der Waals surface area contributed by atoms with Crippen molar-refractivity contribution in [1.82, 2.24) is 0 Å². The lowest BCUT2D eigenvalue weighted by molar-refractivity contribution is 0.402. The number of nitrogens with zero attached hydrogens (tertiary/aromatic N) is 2. The summed E-state index contributed by atoms with van der Waals surface area (Å²) in [4.78, 5) is 0. The molecule has 0 amide bonds. The molecule has 1 aliphatic heterocycles. The molecule has 0 aliphatic carbocycles. The van der Waals surface area contributed by atoms with E-state index in [0.717, 1.165) is 0 Å². The zero-order chi connectivity index (χ0) is 4.95. The fourth-order valence-electron chi connectivity index (χ4n) is 0.247. The van der Waals surface area contributed by atoms with Crippen molar-refractivity contribution in [2.45, 2.75) is 0 Å². The van der Waals surface area contributed by atoms with Crippen LogP contribution in [-0.4, -0.2) is 0 Å². The quantitative estimate of drug-likeness (QED) is 0.449. The fraction of sp³-hybridized carbons (Fsp3) is 0. The molecule has 0 spiro atoms. The third-order valence-corrected chi connectivity index (χ3v) is 0.479. The van der Waals surface area contributed by atoms with Gasteiger partial charge in [-0.3, -0.25) is 0 Å². The minimum Gasteiger partial charge on any atom is -0.469 e. The first-order chi connectivity index (χ1) is 3.50. The van der Waals surface area contributed by atoms with Gasteiger partial charge in [0.1, 0.15) is 12.5 Å². The molecule has 0 aromatic rings. The average Bonchev–Trinajstić information content (AvgIpc) is 1.90. The topological polar surface area (TPSA) is 34.0 Å². The lowest BCUT2D eigenvalue weighted by atomic mass is 11.0. The van der Waals surface area contributed by atoms with Crippen molar-refractivity contribution in [1.29, 1.82) is 0 Å². The van der Waals surface area contributed by atoms with Crippen molar-refractivity contribution in [3.05, 3.63) is 24.9 Å². The highest BCUT2D eigenvalue weighted by atomic mass is 16.5. The second-order valence-corrected chi connectivity index (χ2v) is 0.937. The number of hydrogen-bond acceptors (Lipinski definition) is 3. The van der Waals surface area contributed by atoms with Crippen LogP contribution in [0.3, 0.4) is 0 Å². The summed E-state index contributed by atoms with van der Waals surface area (Å²) in [6.07, 6.45) is 5.85. The van der Waals surface area contributed by atoms with E-state index in [9.17, 15) is 0 Å². The molecular formula is C4H4N2O. The summed E-state index contributed by atoms with van der Waals surface area (Å²) in [6.45, 7) is 0. The molecular weight excluding hydrogens is 92.1 g/mol. The van der Waals surface area contributed by atoms with Crippen LogP contribution in [0.15, 0.2) is 35.2 Å². The predicted octanol–water partition coefficient (Wildman–Crippen LogP) is 1.41. The van der Waals surface area contributed by atoms with Gasteiger partial charge in [-0.25, -0.2) is 0 Å². The van der Waals surface area contributed by atoms with Gasteiger partial charge in [-0.1, -0.05) is 0 Å². The van der Waals surface area contributed by atoms with Gasteiger partial charge in [0.25, 0.3) is 0 Å². The zero-order valence-corrected chi connectivity index (χ0v) is 3.61. The summed E-state index contributed by atoms with van der Waals surface area (Å²) >= 11 is 0. The van der Waals surface area contributed by atoms with Gasteiger partial charge in [0.15, 0.2) is 0 Å².